The summed E-state index contributed by atoms with van der Waals surface area (Å²) < 4.78 is 23.8. The van der Waals surface area contributed by atoms with Crippen molar-refractivity contribution in [3.05, 3.63) is 24.3 Å². The number of sulfone groups is 1. The van der Waals surface area contributed by atoms with Crippen LogP contribution in [0.1, 0.15) is 33.6 Å². The fraction of sp³-hybridized carbons (Fsp3) is 0.600. The zero-order valence-electron chi connectivity index (χ0n) is 12.5. The van der Waals surface area contributed by atoms with Crippen LogP contribution in [-0.4, -0.2) is 31.9 Å². The third kappa shape index (κ3) is 5.13. The van der Waals surface area contributed by atoms with Crippen molar-refractivity contribution < 1.29 is 13.5 Å². The summed E-state index contributed by atoms with van der Waals surface area (Å²) in [5.41, 5.74) is 0.833. The Morgan fingerprint density at radius 2 is 1.80 bits per heavy atom. The van der Waals surface area contributed by atoms with E-state index in [9.17, 15) is 13.5 Å². The van der Waals surface area contributed by atoms with Gasteiger partial charge in [-0.05, 0) is 43.0 Å². The van der Waals surface area contributed by atoms with Crippen molar-refractivity contribution in [2.24, 2.45) is 5.92 Å². The summed E-state index contributed by atoms with van der Waals surface area (Å²) in [7, 11) is -3.16. The summed E-state index contributed by atoms with van der Waals surface area (Å²) in [6, 6.07) is 6.75. The molecule has 0 fully saturated rings. The molecule has 4 nitrogen and oxygen atoms in total. The molecular weight excluding hydrogens is 274 g/mol. The Kier molecular flexibility index (Phi) is 6.49. The molecule has 0 saturated carbocycles. The van der Waals surface area contributed by atoms with E-state index < -0.39 is 9.84 Å². The molecule has 0 amide bonds. The summed E-state index contributed by atoms with van der Waals surface area (Å²) in [6.07, 6.45) is 1.48. The van der Waals surface area contributed by atoms with Crippen LogP contribution in [0.4, 0.5) is 5.69 Å². The van der Waals surface area contributed by atoms with Crippen molar-refractivity contribution >= 4 is 15.5 Å². The molecule has 0 bridgehead atoms. The van der Waals surface area contributed by atoms with E-state index >= 15 is 0 Å². The van der Waals surface area contributed by atoms with Gasteiger partial charge in [0, 0.05) is 11.7 Å². The van der Waals surface area contributed by atoms with Gasteiger partial charge >= 0.3 is 0 Å². The lowest BCUT2D eigenvalue weighted by molar-refractivity contribution is 0.259. The van der Waals surface area contributed by atoms with Crippen molar-refractivity contribution in [3.8, 4) is 0 Å². The van der Waals surface area contributed by atoms with Crippen LogP contribution in [0.3, 0.4) is 0 Å². The second-order valence-electron chi connectivity index (χ2n) is 5.50. The first-order valence-corrected chi connectivity index (χ1v) is 8.74. The molecule has 1 unspecified atom stereocenters. The highest BCUT2D eigenvalue weighted by Gasteiger charge is 2.14. The maximum atomic E-state index is 11.9. The fourth-order valence-electron chi connectivity index (χ4n) is 2.13. The highest BCUT2D eigenvalue weighted by molar-refractivity contribution is 7.91. The van der Waals surface area contributed by atoms with Crippen LogP contribution in [0.25, 0.3) is 0 Å². The van der Waals surface area contributed by atoms with E-state index in [1.807, 2.05) is 6.92 Å². The summed E-state index contributed by atoms with van der Waals surface area (Å²) in [5.74, 6) is 0.663. The SMILES string of the molecule is CCCS(=O)(=O)c1ccc(NC(CO)CC(C)C)cc1. The van der Waals surface area contributed by atoms with Crippen molar-refractivity contribution in [2.75, 3.05) is 17.7 Å². The maximum absolute atomic E-state index is 11.9. The molecule has 1 aromatic rings. The minimum Gasteiger partial charge on any atom is -0.394 e. The predicted octanol–water partition coefficient (Wildman–Crippen LogP) is 2.69. The van der Waals surface area contributed by atoms with Crippen molar-refractivity contribution in [3.63, 3.8) is 0 Å². The summed E-state index contributed by atoms with van der Waals surface area (Å²) >= 11 is 0. The van der Waals surface area contributed by atoms with Crippen LogP contribution in [0.15, 0.2) is 29.2 Å². The van der Waals surface area contributed by atoms with Gasteiger partial charge in [-0.15, -0.1) is 0 Å². The molecular formula is C15H25NO3S. The minimum absolute atomic E-state index is 0.00639. The number of hydrogen-bond donors (Lipinski definition) is 2. The van der Waals surface area contributed by atoms with Gasteiger partial charge in [0.15, 0.2) is 9.84 Å². The van der Waals surface area contributed by atoms with Gasteiger partial charge in [-0.25, -0.2) is 8.42 Å². The number of aliphatic hydroxyl groups excluding tert-OH is 1. The second-order valence-corrected chi connectivity index (χ2v) is 7.61. The first-order valence-electron chi connectivity index (χ1n) is 7.09. The number of rotatable bonds is 8. The first kappa shape index (κ1) is 17.0. The molecule has 1 atom stereocenters. The van der Waals surface area contributed by atoms with Crippen LogP contribution >= 0.6 is 0 Å². The molecule has 1 rings (SSSR count). The van der Waals surface area contributed by atoms with E-state index in [1.165, 1.54) is 0 Å². The summed E-state index contributed by atoms with van der Waals surface area (Å²) in [4.78, 5) is 0.356. The first-order chi connectivity index (χ1) is 9.39. The molecule has 0 aromatic heterocycles. The van der Waals surface area contributed by atoms with Gasteiger partial charge < -0.3 is 10.4 Å². The third-order valence-corrected chi connectivity index (χ3v) is 4.97. The summed E-state index contributed by atoms with van der Waals surface area (Å²) in [6.45, 7) is 6.12. The average Bonchev–Trinajstić information content (AvgIpc) is 2.38. The molecule has 0 heterocycles. The fourth-order valence-corrected chi connectivity index (χ4v) is 3.45. The van der Waals surface area contributed by atoms with Crippen LogP contribution in [0.2, 0.25) is 0 Å². The molecule has 0 aliphatic heterocycles. The van der Waals surface area contributed by atoms with Crippen molar-refractivity contribution in [2.45, 2.75) is 44.6 Å². The van der Waals surface area contributed by atoms with Crippen LogP contribution < -0.4 is 5.32 Å². The molecule has 1 aromatic carbocycles. The lowest BCUT2D eigenvalue weighted by atomic mass is 10.0. The van der Waals surface area contributed by atoms with Gasteiger partial charge in [-0.1, -0.05) is 20.8 Å². The van der Waals surface area contributed by atoms with Gasteiger partial charge in [0.1, 0.15) is 0 Å². The topological polar surface area (TPSA) is 66.4 Å². The van der Waals surface area contributed by atoms with Gasteiger partial charge in [0.25, 0.3) is 0 Å². The Morgan fingerprint density at radius 1 is 1.20 bits per heavy atom. The molecule has 0 aliphatic rings. The minimum atomic E-state index is -3.16. The van der Waals surface area contributed by atoms with Gasteiger partial charge in [0.2, 0.25) is 0 Å². The molecule has 20 heavy (non-hydrogen) atoms. The quantitative estimate of drug-likeness (QED) is 0.774. The Hall–Kier alpha value is -1.07. The molecule has 0 aliphatic carbocycles. The number of benzene rings is 1. The average molecular weight is 299 g/mol. The van der Waals surface area contributed by atoms with Crippen LogP contribution in [0, 0.1) is 5.92 Å². The maximum Gasteiger partial charge on any atom is 0.178 e. The Morgan fingerprint density at radius 3 is 2.25 bits per heavy atom. The van der Waals surface area contributed by atoms with E-state index in [0.29, 0.717) is 17.2 Å². The van der Waals surface area contributed by atoms with Gasteiger partial charge in [0.05, 0.1) is 17.3 Å². The van der Waals surface area contributed by atoms with Crippen molar-refractivity contribution in [1.29, 1.82) is 0 Å². The van der Waals surface area contributed by atoms with E-state index in [0.717, 1.165) is 12.1 Å². The zero-order chi connectivity index (χ0) is 15.2. The molecule has 0 spiro atoms. The number of anilines is 1. The molecule has 5 heteroatoms. The Balaban J connectivity index is 2.76. The van der Waals surface area contributed by atoms with E-state index in [2.05, 4.69) is 19.2 Å². The van der Waals surface area contributed by atoms with E-state index in [4.69, 9.17) is 0 Å². The largest absolute Gasteiger partial charge is 0.394 e. The second kappa shape index (κ2) is 7.64. The Bertz CT molecular complexity index is 494. The van der Waals surface area contributed by atoms with Gasteiger partial charge in [-0.2, -0.15) is 0 Å². The zero-order valence-corrected chi connectivity index (χ0v) is 13.3. The van der Waals surface area contributed by atoms with E-state index in [-0.39, 0.29) is 18.4 Å². The van der Waals surface area contributed by atoms with Crippen LogP contribution in [0.5, 0.6) is 0 Å². The highest BCUT2D eigenvalue weighted by Crippen LogP contribution is 2.18. The third-order valence-electron chi connectivity index (χ3n) is 3.03. The van der Waals surface area contributed by atoms with Gasteiger partial charge in [-0.3, -0.25) is 0 Å². The molecule has 0 radical (unpaired) electrons. The standard InChI is InChI=1S/C15H25NO3S/c1-4-9-20(18,19)15-7-5-13(6-8-15)16-14(11-17)10-12(2)3/h5-8,12,14,16-17H,4,9-11H2,1-3H3. The lowest BCUT2D eigenvalue weighted by Crippen LogP contribution is -2.25. The van der Waals surface area contributed by atoms with Crippen LogP contribution in [-0.2, 0) is 9.84 Å². The number of aliphatic hydroxyl groups is 1. The van der Waals surface area contributed by atoms with Crippen molar-refractivity contribution in [1.82, 2.24) is 0 Å². The number of nitrogens with one attached hydrogen (secondary N) is 1. The highest BCUT2D eigenvalue weighted by atomic mass is 32.2. The molecule has 114 valence electrons. The molecule has 0 saturated heterocycles. The number of hydrogen-bond acceptors (Lipinski definition) is 4. The molecule has 2 N–H and O–H groups in total. The Labute approximate surface area is 122 Å². The monoisotopic (exact) mass is 299 g/mol. The smallest absolute Gasteiger partial charge is 0.178 e. The predicted molar refractivity (Wildman–Crippen MR) is 82.7 cm³/mol. The summed E-state index contributed by atoms with van der Waals surface area (Å²) in [5, 5.41) is 12.6. The van der Waals surface area contributed by atoms with E-state index in [1.54, 1.807) is 24.3 Å². The lowest BCUT2D eigenvalue weighted by Gasteiger charge is -2.19. The normalized spacial score (nSPS) is 13.4.